The van der Waals surface area contributed by atoms with E-state index in [0.717, 1.165) is 37.6 Å². The zero-order valence-electron chi connectivity index (χ0n) is 20.2. The summed E-state index contributed by atoms with van der Waals surface area (Å²) in [6.07, 6.45) is 2.12. The minimum absolute atomic E-state index is 0.0971. The van der Waals surface area contributed by atoms with E-state index in [1.54, 1.807) is 0 Å². The molecule has 8 nitrogen and oxygen atoms in total. The number of aromatic nitrogens is 3. The Balaban J connectivity index is 1.37. The molecule has 0 N–H and O–H groups in total. The summed E-state index contributed by atoms with van der Waals surface area (Å²) < 4.78 is 13.3. The van der Waals surface area contributed by atoms with Crippen LogP contribution >= 0.6 is 0 Å². The lowest BCUT2D eigenvalue weighted by Crippen LogP contribution is -2.48. The number of nitrogens with zero attached hydrogens (tertiary/aromatic N) is 5. The number of hydrogen-bond donors (Lipinski definition) is 0. The molecule has 1 aliphatic heterocycles. The van der Waals surface area contributed by atoms with Gasteiger partial charge < -0.3 is 14.2 Å². The lowest BCUT2D eigenvalue weighted by Gasteiger charge is -2.34. The van der Waals surface area contributed by atoms with Crippen molar-refractivity contribution in [2.45, 2.75) is 54.3 Å². The maximum atomic E-state index is 13.2. The normalized spacial score (nSPS) is 14.6. The molecule has 0 radical (unpaired) electrons. The molecular weight excluding hydrogens is 418 g/mol. The standard InChI is InChI=1S/C25H33N5O3/c1-6-30-15-21(19(4)26-30)14-28-9-11-29(12-10-28)25(31)24-23(20(5)33-27-24)16-32-22-8-7-17(2)18(3)13-22/h7-8,13,15H,6,9-12,14,16H2,1-5H3. The van der Waals surface area contributed by atoms with Gasteiger partial charge in [-0.1, -0.05) is 11.2 Å². The highest BCUT2D eigenvalue weighted by atomic mass is 16.5. The molecule has 0 spiro atoms. The number of rotatable bonds is 7. The van der Waals surface area contributed by atoms with E-state index in [1.807, 2.05) is 34.7 Å². The van der Waals surface area contributed by atoms with E-state index >= 15 is 0 Å². The third-order valence-electron chi connectivity index (χ3n) is 6.47. The van der Waals surface area contributed by atoms with Gasteiger partial charge in [0.05, 0.1) is 11.3 Å². The van der Waals surface area contributed by atoms with Crippen LogP contribution in [0.4, 0.5) is 0 Å². The summed E-state index contributed by atoms with van der Waals surface area (Å²) in [4.78, 5) is 17.4. The molecule has 1 amide bonds. The molecule has 4 rings (SSSR count). The predicted octanol–water partition coefficient (Wildman–Crippen LogP) is 3.66. The van der Waals surface area contributed by atoms with Crippen LogP contribution in [0.3, 0.4) is 0 Å². The number of benzene rings is 1. The lowest BCUT2D eigenvalue weighted by atomic mass is 10.1. The third-order valence-corrected chi connectivity index (χ3v) is 6.47. The molecule has 0 atom stereocenters. The number of aryl methyl sites for hydroxylation is 5. The lowest BCUT2D eigenvalue weighted by molar-refractivity contribution is 0.0616. The summed E-state index contributed by atoms with van der Waals surface area (Å²) >= 11 is 0. The fourth-order valence-electron chi connectivity index (χ4n) is 4.06. The largest absolute Gasteiger partial charge is 0.489 e. The molecule has 1 fully saturated rings. The van der Waals surface area contributed by atoms with Crippen LogP contribution in [0.15, 0.2) is 28.9 Å². The molecule has 0 bridgehead atoms. The Bertz CT molecular complexity index is 1130. The summed E-state index contributed by atoms with van der Waals surface area (Å²) in [5.41, 5.74) is 5.76. The second-order valence-corrected chi connectivity index (χ2v) is 8.76. The minimum atomic E-state index is -0.0971. The van der Waals surface area contributed by atoms with E-state index in [9.17, 15) is 4.79 Å². The van der Waals surface area contributed by atoms with Crippen LogP contribution in [0, 0.1) is 27.7 Å². The smallest absolute Gasteiger partial charge is 0.276 e. The van der Waals surface area contributed by atoms with E-state index in [1.165, 1.54) is 16.7 Å². The van der Waals surface area contributed by atoms with Gasteiger partial charge in [-0.3, -0.25) is 14.4 Å². The summed E-state index contributed by atoms with van der Waals surface area (Å²) in [6.45, 7) is 15.0. The van der Waals surface area contributed by atoms with Crippen molar-refractivity contribution in [3.63, 3.8) is 0 Å². The SMILES string of the molecule is CCn1cc(CN2CCN(C(=O)c3noc(C)c3COc3ccc(C)c(C)c3)CC2)c(C)n1. The third kappa shape index (κ3) is 5.11. The van der Waals surface area contributed by atoms with Gasteiger partial charge in [-0.05, 0) is 57.9 Å². The van der Waals surface area contributed by atoms with Gasteiger partial charge in [0.1, 0.15) is 18.1 Å². The predicted molar refractivity (Wildman–Crippen MR) is 125 cm³/mol. The summed E-state index contributed by atoms with van der Waals surface area (Å²) in [7, 11) is 0. The Kier molecular flexibility index (Phi) is 6.83. The topological polar surface area (TPSA) is 76.6 Å². The monoisotopic (exact) mass is 451 g/mol. The first kappa shape index (κ1) is 23.0. The quantitative estimate of drug-likeness (QED) is 0.546. The number of ether oxygens (including phenoxy) is 1. The van der Waals surface area contributed by atoms with Crippen LogP contribution in [-0.2, 0) is 19.7 Å². The number of piperazine rings is 1. The first-order chi connectivity index (χ1) is 15.9. The fraction of sp³-hybridized carbons (Fsp3) is 0.480. The second-order valence-electron chi connectivity index (χ2n) is 8.76. The van der Waals surface area contributed by atoms with Crippen LogP contribution in [0.25, 0.3) is 0 Å². The molecule has 3 aromatic rings. The van der Waals surface area contributed by atoms with Crippen molar-refractivity contribution in [1.29, 1.82) is 0 Å². The Morgan fingerprint density at radius 3 is 2.52 bits per heavy atom. The molecule has 1 aromatic carbocycles. The Hall–Kier alpha value is -3.13. The molecule has 3 heterocycles. The molecule has 1 aliphatic rings. The average Bonchev–Trinajstić information content (AvgIpc) is 3.36. The van der Waals surface area contributed by atoms with Crippen molar-refractivity contribution < 1.29 is 14.1 Å². The Labute approximate surface area is 195 Å². The van der Waals surface area contributed by atoms with E-state index in [0.29, 0.717) is 30.1 Å². The van der Waals surface area contributed by atoms with Crippen LogP contribution in [0.2, 0.25) is 0 Å². The van der Waals surface area contributed by atoms with Gasteiger partial charge in [0, 0.05) is 51.0 Å². The van der Waals surface area contributed by atoms with E-state index in [4.69, 9.17) is 9.26 Å². The first-order valence-corrected chi connectivity index (χ1v) is 11.6. The van der Waals surface area contributed by atoms with Crippen LogP contribution < -0.4 is 4.74 Å². The molecule has 0 unspecified atom stereocenters. The number of hydrogen-bond acceptors (Lipinski definition) is 6. The molecule has 8 heteroatoms. The van der Waals surface area contributed by atoms with E-state index in [-0.39, 0.29) is 12.5 Å². The molecule has 176 valence electrons. The zero-order chi connectivity index (χ0) is 23.5. The summed E-state index contributed by atoms with van der Waals surface area (Å²) in [6, 6.07) is 5.98. The first-order valence-electron chi connectivity index (χ1n) is 11.6. The Morgan fingerprint density at radius 1 is 1.09 bits per heavy atom. The summed E-state index contributed by atoms with van der Waals surface area (Å²) in [5, 5.41) is 8.61. The van der Waals surface area contributed by atoms with Gasteiger partial charge in [-0.2, -0.15) is 5.10 Å². The highest BCUT2D eigenvalue weighted by Crippen LogP contribution is 2.22. The maximum Gasteiger partial charge on any atom is 0.276 e. The maximum absolute atomic E-state index is 13.2. The fourth-order valence-corrected chi connectivity index (χ4v) is 4.06. The van der Waals surface area contributed by atoms with Crippen molar-refractivity contribution in [2.24, 2.45) is 0 Å². The van der Waals surface area contributed by atoms with Crippen molar-refractivity contribution in [2.75, 3.05) is 26.2 Å². The van der Waals surface area contributed by atoms with E-state index in [2.05, 4.69) is 49.0 Å². The van der Waals surface area contributed by atoms with Crippen molar-refractivity contribution >= 4 is 5.91 Å². The van der Waals surface area contributed by atoms with Gasteiger partial charge in [0.15, 0.2) is 5.69 Å². The van der Waals surface area contributed by atoms with Gasteiger partial charge in [0.25, 0.3) is 5.91 Å². The number of carbonyl (C=O) groups is 1. The molecule has 2 aromatic heterocycles. The van der Waals surface area contributed by atoms with Gasteiger partial charge in [-0.15, -0.1) is 0 Å². The molecule has 1 saturated heterocycles. The molecule has 0 saturated carbocycles. The van der Waals surface area contributed by atoms with E-state index < -0.39 is 0 Å². The highest BCUT2D eigenvalue weighted by molar-refractivity contribution is 5.93. The Morgan fingerprint density at radius 2 is 1.85 bits per heavy atom. The molecule has 33 heavy (non-hydrogen) atoms. The van der Waals surface area contributed by atoms with Crippen molar-refractivity contribution in [1.82, 2.24) is 24.7 Å². The number of amides is 1. The molecular formula is C25H33N5O3. The molecule has 0 aliphatic carbocycles. The van der Waals surface area contributed by atoms with Gasteiger partial charge >= 0.3 is 0 Å². The second kappa shape index (κ2) is 9.79. The van der Waals surface area contributed by atoms with Gasteiger partial charge in [0.2, 0.25) is 0 Å². The number of carbonyl (C=O) groups excluding carboxylic acids is 1. The van der Waals surface area contributed by atoms with Crippen LogP contribution in [-0.4, -0.2) is 56.8 Å². The highest BCUT2D eigenvalue weighted by Gasteiger charge is 2.28. The van der Waals surface area contributed by atoms with Crippen LogP contribution in [0.1, 0.15) is 51.1 Å². The average molecular weight is 452 g/mol. The van der Waals surface area contributed by atoms with Gasteiger partial charge in [-0.25, -0.2) is 0 Å². The van der Waals surface area contributed by atoms with Crippen molar-refractivity contribution in [3.05, 3.63) is 63.8 Å². The summed E-state index contributed by atoms with van der Waals surface area (Å²) in [5.74, 6) is 1.29. The van der Waals surface area contributed by atoms with Crippen molar-refractivity contribution in [3.8, 4) is 5.75 Å². The van der Waals surface area contributed by atoms with Crippen LogP contribution in [0.5, 0.6) is 5.75 Å². The minimum Gasteiger partial charge on any atom is -0.489 e. The zero-order valence-corrected chi connectivity index (χ0v) is 20.2.